The van der Waals surface area contributed by atoms with Crippen LogP contribution in [0.4, 0.5) is 0 Å². The number of phenols is 1. The van der Waals surface area contributed by atoms with Crippen LogP contribution in [0.1, 0.15) is 11.1 Å². The summed E-state index contributed by atoms with van der Waals surface area (Å²) < 4.78 is 5.49. The molecule has 0 bridgehead atoms. The van der Waals surface area contributed by atoms with Crippen LogP contribution in [0.2, 0.25) is 0 Å². The van der Waals surface area contributed by atoms with E-state index in [9.17, 15) is 5.11 Å². The molecule has 4 nitrogen and oxygen atoms in total. The third kappa shape index (κ3) is 2.48. The van der Waals surface area contributed by atoms with Crippen LogP contribution in [-0.2, 0) is 0 Å². The number of benzene rings is 1. The summed E-state index contributed by atoms with van der Waals surface area (Å²) in [4.78, 5) is 0. The van der Waals surface area contributed by atoms with Crippen LogP contribution in [-0.4, -0.2) is 15.3 Å². The highest BCUT2D eigenvalue weighted by molar-refractivity contribution is 5.38. The Morgan fingerprint density at radius 2 is 1.88 bits per heavy atom. The highest BCUT2D eigenvalue weighted by Crippen LogP contribution is 2.25. The molecule has 0 amide bonds. The first-order chi connectivity index (χ1) is 7.63. The maximum absolute atomic E-state index is 9.41. The van der Waals surface area contributed by atoms with Gasteiger partial charge < -0.3 is 9.84 Å². The molecule has 0 aliphatic heterocycles. The average Bonchev–Trinajstić information content (AvgIpc) is 2.15. The lowest BCUT2D eigenvalue weighted by Gasteiger charge is -2.05. The zero-order chi connectivity index (χ0) is 11.5. The van der Waals surface area contributed by atoms with Gasteiger partial charge in [-0.1, -0.05) is 0 Å². The first-order valence-corrected chi connectivity index (χ1v) is 4.91. The van der Waals surface area contributed by atoms with Gasteiger partial charge in [-0.25, -0.2) is 0 Å². The van der Waals surface area contributed by atoms with Gasteiger partial charge in [0, 0.05) is 12.1 Å². The Bertz CT molecular complexity index is 492. The summed E-state index contributed by atoms with van der Waals surface area (Å²) in [6, 6.07) is 6.81. The Labute approximate surface area is 93.5 Å². The lowest BCUT2D eigenvalue weighted by atomic mass is 10.2. The molecular formula is C12H12N2O2. The minimum atomic E-state index is 0.176. The van der Waals surface area contributed by atoms with Crippen molar-refractivity contribution in [2.45, 2.75) is 13.8 Å². The van der Waals surface area contributed by atoms with Crippen molar-refractivity contribution >= 4 is 0 Å². The minimum Gasteiger partial charge on any atom is -0.508 e. The summed E-state index contributed by atoms with van der Waals surface area (Å²) in [5, 5.41) is 17.0. The number of aryl methyl sites for hydroxylation is 2. The van der Waals surface area contributed by atoms with Gasteiger partial charge in [0.15, 0.2) is 0 Å². The largest absolute Gasteiger partial charge is 0.508 e. The first kappa shape index (κ1) is 10.4. The van der Waals surface area contributed by atoms with Crippen molar-refractivity contribution in [3.8, 4) is 17.4 Å². The van der Waals surface area contributed by atoms with Crippen LogP contribution in [0.25, 0.3) is 0 Å². The molecule has 0 atom stereocenters. The number of aromatic hydroxyl groups is 1. The van der Waals surface area contributed by atoms with Crippen LogP contribution in [0.15, 0.2) is 30.5 Å². The summed E-state index contributed by atoms with van der Waals surface area (Å²) in [5.74, 6) is 1.15. The van der Waals surface area contributed by atoms with Gasteiger partial charge in [0.05, 0.1) is 6.20 Å². The van der Waals surface area contributed by atoms with Gasteiger partial charge in [0.2, 0.25) is 5.88 Å². The third-order valence-corrected chi connectivity index (χ3v) is 2.03. The van der Waals surface area contributed by atoms with E-state index in [0.29, 0.717) is 11.6 Å². The number of nitrogens with zero attached hydrogens (tertiary/aromatic N) is 2. The van der Waals surface area contributed by atoms with Gasteiger partial charge in [0.25, 0.3) is 0 Å². The van der Waals surface area contributed by atoms with E-state index in [1.54, 1.807) is 18.3 Å². The highest BCUT2D eigenvalue weighted by atomic mass is 16.5. The van der Waals surface area contributed by atoms with E-state index >= 15 is 0 Å². The molecule has 1 aromatic heterocycles. The molecule has 0 spiro atoms. The lowest BCUT2D eigenvalue weighted by Crippen LogP contribution is -1.91. The van der Waals surface area contributed by atoms with Gasteiger partial charge >= 0.3 is 0 Å². The summed E-state index contributed by atoms with van der Waals surface area (Å²) in [5.41, 5.74) is 1.90. The number of hydrogen-bond donors (Lipinski definition) is 1. The van der Waals surface area contributed by atoms with E-state index in [-0.39, 0.29) is 5.75 Å². The van der Waals surface area contributed by atoms with Gasteiger partial charge in [-0.05, 0) is 37.1 Å². The van der Waals surface area contributed by atoms with Crippen LogP contribution in [0, 0.1) is 13.8 Å². The van der Waals surface area contributed by atoms with Crippen LogP contribution >= 0.6 is 0 Å². The molecule has 82 valence electrons. The number of hydrogen-bond acceptors (Lipinski definition) is 4. The molecule has 16 heavy (non-hydrogen) atoms. The fraction of sp³-hybridized carbons (Fsp3) is 0.167. The lowest BCUT2D eigenvalue weighted by molar-refractivity contribution is 0.440. The van der Waals surface area contributed by atoms with Crippen molar-refractivity contribution in [2.75, 3.05) is 0 Å². The zero-order valence-corrected chi connectivity index (χ0v) is 9.14. The standard InChI is InChI=1S/C12H12N2O2/c1-8-3-10(15)6-11(4-8)16-12-5-9(2)7-13-14-12/h3-7,15H,1-2H3. The molecule has 0 fully saturated rings. The summed E-state index contributed by atoms with van der Waals surface area (Å²) in [6.07, 6.45) is 1.65. The summed E-state index contributed by atoms with van der Waals surface area (Å²) in [7, 11) is 0. The maximum Gasteiger partial charge on any atom is 0.239 e. The Balaban J connectivity index is 2.27. The fourth-order valence-electron chi connectivity index (χ4n) is 1.40. The zero-order valence-electron chi connectivity index (χ0n) is 9.14. The second kappa shape index (κ2) is 4.18. The van der Waals surface area contributed by atoms with Gasteiger partial charge in [0.1, 0.15) is 11.5 Å². The Kier molecular flexibility index (Phi) is 2.72. The Morgan fingerprint density at radius 3 is 2.56 bits per heavy atom. The Hall–Kier alpha value is -2.10. The second-order valence-electron chi connectivity index (χ2n) is 3.68. The van der Waals surface area contributed by atoms with Crippen molar-refractivity contribution < 1.29 is 9.84 Å². The van der Waals surface area contributed by atoms with E-state index in [0.717, 1.165) is 11.1 Å². The molecule has 0 saturated heterocycles. The molecule has 2 aromatic rings. The van der Waals surface area contributed by atoms with E-state index in [4.69, 9.17) is 4.74 Å². The van der Waals surface area contributed by atoms with E-state index in [1.165, 1.54) is 6.07 Å². The molecule has 2 rings (SSSR count). The highest BCUT2D eigenvalue weighted by Gasteiger charge is 2.02. The van der Waals surface area contributed by atoms with Crippen molar-refractivity contribution in [3.63, 3.8) is 0 Å². The Morgan fingerprint density at radius 1 is 1.06 bits per heavy atom. The van der Waals surface area contributed by atoms with Crippen molar-refractivity contribution in [3.05, 3.63) is 41.6 Å². The predicted octanol–water partition coefficient (Wildman–Crippen LogP) is 2.59. The van der Waals surface area contributed by atoms with E-state index < -0.39 is 0 Å². The quantitative estimate of drug-likeness (QED) is 0.838. The first-order valence-electron chi connectivity index (χ1n) is 4.91. The minimum absolute atomic E-state index is 0.176. The van der Waals surface area contributed by atoms with Gasteiger partial charge in [-0.2, -0.15) is 5.10 Å². The van der Waals surface area contributed by atoms with Gasteiger partial charge in [-0.3, -0.25) is 0 Å². The molecular weight excluding hydrogens is 204 g/mol. The summed E-state index contributed by atoms with van der Waals surface area (Å²) >= 11 is 0. The molecule has 4 heteroatoms. The van der Waals surface area contributed by atoms with Crippen molar-refractivity contribution in [1.82, 2.24) is 10.2 Å². The summed E-state index contributed by atoms with van der Waals surface area (Å²) in [6.45, 7) is 3.80. The molecule has 1 N–H and O–H groups in total. The topological polar surface area (TPSA) is 55.2 Å². The number of aromatic nitrogens is 2. The third-order valence-electron chi connectivity index (χ3n) is 2.03. The molecule has 0 saturated carbocycles. The average molecular weight is 216 g/mol. The van der Waals surface area contributed by atoms with Crippen molar-refractivity contribution in [1.29, 1.82) is 0 Å². The van der Waals surface area contributed by atoms with Crippen molar-refractivity contribution in [2.24, 2.45) is 0 Å². The molecule has 0 unspecified atom stereocenters. The van der Waals surface area contributed by atoms with Gasteiger partial charge in [-0.15, -0.1) is 5.10 Å². The molecule has 1 heterocycles. The predicted molar refractivity (Wildman–Crippen MR) is 59.7 cm³/mol. The van der Waals surface area contributed by atoms with Crippen LogP contribution in [0.3, 0.4) is 0 Å². The number of ether oxygens (including phenoxy) is 1. The van der Waals surface area contributed by atoms with Crippen LogP contribution in [0.5, 0.6) is 17.4 Å². The molecule has 0 radical (unpaired) electrons. The molecule has 0 aliphatic carbocycles. The maximum atomic E-state index is 9.41. The van der Waals surface area contributed by atoms with E-state index in [2.05, 4.69) is 10.2 Å². The molecule has 1 aromatic carbocycles. The number of phenolic OH excluding ortho intramolecular Hbond substituents is 1. The normalized spacial score (nSPS) is 10.1. The van der Waals surface area contributed by atoms with Crippen LogP contribution < -0.4 is 4.74 Å². The smallest absolute Gasteiger partial charge is 0.239 e. The molecule has 0 aliphatic rings. The van der Waals surface area contributed by atoms with E-state index in [1.807, 2.05) is 19.9 Å². The second-order valence-corrected chi connectivity index (χ2v) is 3.68. The fourth-order valence-corrected chi connectivity index (χ4v) is 1.40. The SMILES string of the molecule is Cc1cc(O)cc(Oc2cc(C)cnn2)c1. The monoisotopic (exact) mass is 216 g/mol. The number of rotatable bonds is 2.